The quantitative estimate of drug-likeness (QED) is 0.492. The number of ketones is 1. The fraction of sp³-hybridized carbons (Fsp3) is 0.444. The van der Waals surface area contributed by atoms with Gasteiger partial charge >= 0.3 is 5.97 Å². The molecule has 26 heavy (non-hydrogen) atoms. The molecule has 2 rings (SSSR count). The number of aliphatic hydroxyl groups excluding tert-OH is 2. The van der Waals surface area contributed by atoms with Crippen molar-refractivity contribution in [3.63, 3.8) is 0 Å². The Morgan fingerprint density at radius 3 is 2.50 bits per heavy atom. The lowest BCUT2D eigenvalue weighted by Gasteiger charge is -2.21. The van der Waals surface area contributed by atoms with Gasteiger partial charge < -0.3 is 29.9 Å². The Bertz CT molecular complexity index is 711. The van der Waals surface area contributed by atoms with Gasteiger partial charge in [0.15, 0.2) is 5.78 Å². The number of phenolic OH excluding ortho intramolecular Hbond substituents is 2. The molecular formula is C18H22O8. The first-order valence-corrected chi connectivity index (χ1v) is 8.12. The molecule has 0 bridgehead atoms. The number of aromatic hydroxyl groups is 2. The molecule has 1 aliphatic rings. The van der Waals surface area contributed by atoms with E-state index < -0.39 is 42.4 Å². The summed E-state index contributed by atoms with van der Waals surface area (Å²) in [7, 11) is 0. The molecule has 1 aromatic carbocycles. The van der Waals surface area contributed by atoms with Gasteiger partial charge in [-0.05, 0) is 24.6 Å². The zero-order valence-corrected chi connectivity index (χ0v) is 14.5. The van der Waals surface area contributed by atoms with E-state index in [-0.39, 0.29) is 29.4 Å². The van der Waals surface area contributed by atoms with Gasteiger partial charge in [-0.1, -0.05) is 13.0 Å². The highest BCUT2D eigenvalue weighted by molar-refractivity contribution is 5.95. The summed E-state index contributed by atoms with van der Waals surface area (Å²) in [5.41, 5.74) is -0.0121. The van der Waals surface area contributed by atoms with Crippen molar-refractivity contribution in [2.45, 2.75) is 38.8 Å². The van der Waals surface area contributed by atoms with Gasteiger partial charge in [-0.15, -0.1) is 0 Å². The van der Waals surface area contributed by atoms with E-state index in [0.29, 0.717) is 0 Å². The second-order valence-corrected chi connectivity index (χ2v) is 6.26. The molecule has 0 saturated carbocycles. The summed E-state index contributed by atoms with van der Waals surface area (Å²) in [6.45, 7) is 2.67. The van der Waals surface area contributed by atoms with Gasteiger partial charge in [0.1, 0.15) is 35.4 Å². The maximum absolute atomic E-state index is 12.4. The molecule has 0 amide bonds. The van der Waals surface area contributed by atoms with Crippen molar-refractivity contribution >= 4 is 11.8 Å². The minimum Gasteiger partial charge on any atom is -0.508 e. The highest BCUT2D eigenvalue weighted by Gasteiger charge is 2.26. The van der Waals surface area contributed by atoms with Gasteiger partial charge in [-0.2, -0.15) is 0 Å². The summed E-state index contributed by atoms with van der Waals surface area (Å²) in [5, 5.41) is 39.4. The number of carbonyl (C=O) groups is 2. The normalized spacial score (nSPS) is 29.4. The number of esters is 1. The summed E-state index contributed by atoms with van der Waals surface area (Å²) in [5.74, 6) is -2.61. The Kier molecular flexibility index (Phi) is 6.36. The standard InChI is InChI=1S/C18H22O8/c1-9-3-4-13(20)17(23)15(22)8-25-7-11-5-12(19)6-14(21)16(11)18(24)26-10(9)2/h3-6,9-10,15,17,19,21-23H,7-8H2,1-2H3/b4-3-/t9-,10+,15+,17-/m1/s1. The van der Waals surface area contributed by atoms with E-state index in [1.54, 1.807) is 13.8 Å². The predicted molar refractivity (Wildman–Crippen MR) is 89.6 cm³/mol. The Balaban J connectivity index is 2.39. The lowest BCUT2D eigenvalue weighted by molar-refractivity contribution is -0.131. The number of phenols is 2. The van der Waals surface area contributed by atoms with Gasteiger partial charge in [0.25, 0.3) is 0 Å². The Labute approximate surface area is 150 Å². The Hall–Kier alpha value is -2.42. The molecule has 4 N–H and O–H groups in total. The number of benzene rings is 1. The molecule has 0 aliphatic carbocycles. The molecule has 0 radical (unpaired) electrons. The van der Waals surface area contributed by atoms with Crippen molar-refractivity contribution in [1.82, 2.24) is 0 Å². The van der Waals surface area contributed by atoms with Gasteiger partial charge in [-0.3, -0.25) is 4.79 Å². The smallest absolute Gasteiger partial charge is 0.342 e. The van der Waals surface area contributed by atoms with Crippen LogP contribution >= 0.6 is 0 Å². The third-order valence-electron chi connectivity index (χ3n) is 4.19. The minimum absolute atomic E-state index is 0.146. The number of ether oxygens (including phenoxy) is 2. The SMILES string of the molecule is C[C@@H]1/C=C\C(=O)[C@@H](O)[C@@H](O)COCc2cc(O)cc(O)c2C(=O)O[C@H]1C. The van der Waals surface area contributed by atoms with Crippen LogP contribution in [0.5, 0.6) is 11.5 Å². The first kappa shape index (κ1) is 19.9. The van der Waals surface area contributed by atoms with Crippen molar-refractivity contribution in [3.8, 4) is 11.5 Å². The van der Waals surface area contributed by atoms with Gasteiger partial charge in [0, 0.05) is 12.0 Å². The number of hydrogen-bond donors (Lipinski definition) is 4. The van der Waals surface area contributed by atoms with Gasteiger partial charge in [-0.25, -0.2) is 4.79 Å². The maximum Gasteiger partial charge on any atom is 0.342 e. The molecular weight excluding hydrogens is 344 g/mol. The van der Waals surface area contributed by atoms with Crippen molar-refractivity contribution < 1.29 is 39.5 Å². The van der Waals surface area contributed by atoms with E-state index in [9.17, 15) is 30.0 Å². The average molecular weight is 366 g/mol. The van der Waals surface area contributed by atoms with Gasteiger partial charge in [0.05, 0.1) is 13.2 Å². The highest BCUT2D eigenvalue weighted by Crippen LogP contribution is 2.29. The number of fused-ring (bicyclic) bond motifs is 1. The van der Waals surface area contributed by atoms with Crippen LogP contribution in [0.15, 0.2) is 24.3 Å². The van der Waals surface area contributed by atoms with Crippen LogP contribution in [0.1, 0.15) is 29.8 Å². The number of rotatable bonds is 0. The molecule has 0 unspecified atom stereocenters. The molecule has 8 nitrogen and oxygen atoms in total. The summed E-state index contributed by atoms with van der Waals surface area (Å²) in [4.78, 5) is 24.3. The monoisotopic (exact) mass is 366 g/mol. The number of aliphatic hydroxyl groups is 2. The summed E-state index contributed by atoms with van der Waals surface area (Å²) in [6, 6.07) is 2.23. The van der Waals surface area contributed by atoms with Crippen molar-refractivity contribution in [3.05, 3.63) is 35.4 Å². The topological polar surface area (TPSA) is 134 Å². The second-order valence-electron chi connectivity index (χ2n) is 6.26. The largest absolute Gasteiger partial charge is 0.508 e. The summed E-state index contributed by atoms with van der Waals surface area (Å²) >= 11 is 0. The van der Waals surface area contributed by atoms with Crippen LogP contribution in [-0.2, 0) is 20.9 Å². The first-order valence-electron chi connectivity index (χ1n) is 8.12. The van der Waals surface area contributed by atoms with Crippen LogP contribution in [-0.4, -0.2) is 57.1 Å². The van der Waals surface area contributed by atoms with Crippen LogP contribution in [0.3, 0.4) is 0 Å². The fourth-order valence-corrected chi connectivity index (χ4v) is 2.43. The average Bonchev–Trinajstić information content (AvgIpc) is 2.56. The van der Waals surface area contributed by atoms with Crippen molar-refractivity contribution in [1.29, 1.82) is 0 Å². The minimum atomic E-state index is -1.66. The molecule has 1 heterocycles. The van der Waals surface area contributed by atoms with E-state index in [4.69, 9.17) is 9.47 Å². The number of cyclic esters (lactones) is 1. The van der Waals surface area contributed by atoms with Crippen LogP contribution in [0.2, 0.25) is 0 Å². The van der Waals surface area contributed by atoms with Crippen LogP contribution in [0, 0.1) is 5.92 Å². The van der Waals surface area contributed by atoms with Gasteiger partial charge in [0.2, 0.25) is 0 Å². The van der Waals surface area contributed by atoms with Crippen LogP contribution in [0.25, 0.3) is 0 Å². The highest BCUT2D eigenvalue weighted by atomic mass is 16.5. The van der Waals surface area contributed by atoms with E-state index in [0.717, 1.165) is 12.1 Å². The predicted octanol–water partition coefficient (Wildman–Crippen LogP) is 0.657. The zero-order chi connectivity index (χ0) is 19.4. The Morgan fingerprint density at radius 2 is 1.81 bits per heavy atom. The Morgan fingerprint density at radius 1 is 1.12 bits per heavy atom. The zero-order valence-electron chi connectivity index (χ0n) is 14.5. The van der Waals surface area contributed by atoms with Crippen molar-refractivity contribution in [2.75, 3.05) is 6.61 Å². The molecule has 0 spiro atoms. The number of carbonyl (C=O) groups excluding carboxylic acids is 2. The lowest BCUT2D eigenvalue weighted by atomic mass is 10.0. The second kappa shape index (κ2) is 8.31. The van der Waals surface area contributed by atoms with Crippen molar-refractivity contribution in [2.24, 2.45) is 5.92 Å². The van der Waals surface area contributed by atoms with Crippen LogP contribution < -0.4 is 0 Å². The molecule has 0 fully saturated rings. The molecule has 142 valence electrons. The van der Waals surface area contributed by atoms with E-state index in [1.165, 1.54) is 12.1 Å². The van der Waals surface area contributed by atoms with E-state index in [2.05, 4.69) is 0 Å². The third-order valence-corrected chi connectivity index (χ3v) is 4.19. The maximum atomic E-state index is 12.4. The molecule has 8 heteroatoms. The first-order chi connectivity index (χ1) is 12.2. The molecule has 4 atom stereocenters. The molecule has 1 aliphatic heterocycles. The number of hydrogen-bond acceptors (Lipinski definition) is 8. The van der Waals surface area contributed by atoms with E-state index >= 15 is 0 Å². The lowest BCUT2D eigenvalue weighted by Crippen LogP contribution is -2.36. The molecule has 1 aromatic rings. The third kappa shape index (κ3) is 4.60. The van der Waals surface area contributed by atoms with Crippen LogP contribution in [0.4, 0.5) is 0 Å². The molecule has 0 aromatic heterocycles. The summed E-state index contributed by atoms with van der Waals surface area (Å²) in [6.07, 6.45) is -1.18. The molecule has 0 saturated heterocycles. The fourth-order valence-electron chi connectivity index (χ4n) is 2.43. The van der Waals surface area contributed by atoms with E-state index in [1.807, 2.05) is 0 Å². The summed E-state index contributed by atoms with van der Waals surface area (Å²) < 4.78 is 10.6.